The van der Waals surface area contributed by atoms with Crippen LogP contribution in [0.5, 0.6) is 0 Å². The van der Waals surface area contributed by atoms with Gasteiger partial charge in [-0.1, -0.05) is 30.3 Å². The molecular formula is C17H12N4O2. The number of nitrogens with zero attached hydrogens (tertiary/aromatic N) is 2. The zero-order valence-corrected chi connectivity index (χ0v) is 12.0. The van der Waals surface area contributed by atoms with Crippen LogP contribution in [0.1, 0.15) is 5.56 Å². The third-order valence-electron chi connectivity index (χ3n) is 3.72. The number of H-pyrrole nitrogens is 2. The first-order chi connectivity index (χ1) is 11.2. The largest absolute Gasteiger partial charge is 0.361 e. The van der Waals surface area contributed by atoms with Crippen LogP contribution in [-0.2, 0) is 0 Å². The van der Waals surface area contributed by atoms with Crippen LogP contribution in [-0.4, -0.2) is 20.9 Å². The average Bonchev–Trinajstić information content (AvgIpc) is 2.98. The molecule has 0 atom stereocenters. The molecule has 6 nitrogen and oxygen atoms in total. The maximum absolute atomic E-state index is 12.4. The Balaban J connectivity index is 1.87. The van der Waals surface area contributed by atoms with Crippen LogP contribution in [0.25, 0.3) is 21.8 Å². The summed E-state index contributed by atoms with van der Waals surface area (Å²) in [5.74, 6) is 0. The van der Waals surface area contributed by atoms with E-state index < -0.39 is 11.2 Å². The summed E-state index contributed by atoms with van der Waals surface area (Å²) in [5.41, 5.74) is 1.26. The molecule has 2 aromatic carbocycles. The van der Waals surface area contributed by atoms with E-state index in [0.29, 0.717) is 10.9 Å². The van der Waals surface area contributed by atoms with Crippen molar-refractivity contribution in [2.45, 2.75) is 0 Å². The summed E-state index contributed by atoms with van der Waals surface area (Å²) in [5, 5.41) is 5.46. The van der Waals surface area contributed by atoms with E-state index in [0.717, 1.165) is 21.1 Å². The molecule has 0 fully saturated rings. The minimum absolute atomic E-state index is 0.420. The summed E-state index contributed by atoms with van der Waals surface area (Å²) in [6, 6.07) is 14.6. The standard InChI is InChI=1S/C17H12N4O2/c22-16-13-6-2-4-8-15(13)20-17(23)21(16)19-10-11-9-18-14-7-3-1-5-12(11)14/h1-10,18H,(H,20,23)/b19-10+. The normalized spacial score (nSPS) is 11.7. The molecule has 112 valence electrons. The zero-order chi connectivity index (χ0) is 15.8. The highest BCUT2D eigenvalue weighted by molar-refractivity contribution is 5.98. The van der Waals surface area contributed by atoms with E-state index in [-0.39, 0.29) is 0 Å². The highest BCUT2D eigenvalue weighted by Crippen LogP contribution is 2.15. The van der Waals surface area contributed by atoms with Crippen molar-refractivity contribution in [2.75, 3.05) is 0 Å². The Morgan fingerprint density at radius 1 is 0.913 bits per heavy atom. The van der Waals surface area contributed by atoms with Gasteiger partial charge in [-0.2, -0.15) is 5.10 Å². The SMILES string of the molecule is O=c1[nH]c2ccccc2c(=O)n1/N=C/c1c[nH]c2ccccc12. The molecule has 2 N–H and O–H groups in total. The number of aromatic amines is 2. The Morgan fingerprint density at radius 2 is 1.61 bits per heavy atom. The summed E-state index contributed by atoms with van der Waals surface area (Å²) < 4.78 is 0.837. The predicted octanol–water partition coefficient (Wildman–Crippen LogP) is 2.05. The van der Waals surface area contributed by atoms with Gasteiger partial charge in [-0.15, -0.1) is 4.68 Å². The molecule has 0 unspecified atom stereocenters. The number of rotatable bonds is 2. The number of aromatic nitrogens is 3. The lowest BCUT2D eigenvalue weighted by atomic mass is 10.2. The van der Waals surface area contributed by atoms with E-state index in [1.54, 1.807) is 30.5 Å². The molecular weight excluding hydrogens is 292 g/mol. The molecule has 0 amide bonds. The van der Waals surface area contributed by atoms with Crippen LogP contribution in [0.3, 0.4) is 0 Å². The first-order valence-electron chi connectivity index (χ1n) is 7.08. The topological polar surface area (TPSA) is 83.0 Å². The molecule has 0 radical (unpaired) electrons. The quantitative estimate of drug-likeness (QED) is 0.556. The van der Waals surface area contributed by atoms with Crippen LogP contribution in [0.15, 0.2) is 69.4 Å². The molecule has 0 aliphatic rings. The Morgan fingerprint density at radius 3 is 2.43 bits per heavy atom. The average molecular weight is 304 g/mol. The van der Waals surface area contributed by atoms with Crippen LogP contribution in [0, 0.1) is 0 Å². The van der Waals surface area contributed by atoms with Gasteiger partial charge in [0.25, 0.3) is 5.56 Å². The fourth-order valence-corrected chi connectivity index (χ4v) is 2.58. The lowest BCUT2D eigenvalue weighted by molar-refractivity contribution is 0.771. The van der Waals surface area contributed by atoms with Gasteiger partial charge in [0.1, 0.15) is 0 Å². The Kier molecular flexibility index (Phi) is 2.94. The third kappa shape index (κ3) is 2.17. The Labute approximate surface area is 129 Å². The smallest absolute Gasteiger partial charge is 0.349 e. The van der Waals surface area contributed by atoms with Gasteiger partial charge in [0.05, 0.1) is 17.1 Å². The molecule has 0 saturated heterocycles. The fourth-order valence-electron chi connectivity index (χ4n) is 2.58. The number of hydrogen-bond donors (Lipinski definition) is 2. The van der Waals surface area contributed by atoms with Gasteiger partial charge in [-0.05, 0) is 18.2 Å². The van der Waals surface area contributed by atoms with Crippen molar-refractivity contribution in [2.24, 2.45) is 5.10 Å². The van der Waals surface area contributed by atoms with Gasteiger partial charge in [0.15, 0.2) is 0 Å². The summed E-state index contributed by atoms with van der Waals surface area (Å²) >= 11 is 0. The van der Waals surface area contributed by atoms with E-state index in [9.17, 15) is 9.59 Å². The fraction of sp³-hybridized carbons (Fsp3) is 0. The van der Waals surface area contributed by atoms with Gasteiger partial charge in [0, 0.05) is 22.7 Å². The molecule has 0 aliphatic heterocycles. The van der Waals surface area contributed by atoms with Crippen LogP contribution < -0.4 is 11.2 Å². The lowest BCUT2D eigenvalue weighted by Crippen LogP contribution is -2.32. The number of hydrogen-bond acceptors (Lipinski definition) is 3. The summed E-state index contributed by atoms with van der Waals surface area (Å²) in [4.78, 5) is 30.2. The molecule has 2 aromatic heterocycles. The zero-order valence-electron chi connectivity index (χ0n) is 12.0. The Bertz CT molecular complexity index is 1160. The second-order valence-electron chi connectivity index (χ2n) is 5.13. The molecule has 0 saturated carbocycles. The number of fused-ring (bicyclic) bond motifs is 2. The van der Waals surface area contributed by atoms with Crippen LogP contribution in [0.2, 0.25) is 0 Å². The minimum atomic E-state index is -0.565. The molecule has 4 rings (SSSR count). The molecule has 0 bridgehead atoms. The summed E-state index contributed by atoms with van der Waals surface area (Å²) in [6.07, 6.45) is 3.29. The highest BCUT2D eigenvalue weighted by atomic mass is 16.2. The first kappa shape index (κ1) is 13.3. The maximum Gasteiger partial charge on any atom is 0.349 e. The van der Waals surface area contributed by atoms with Gasteiger partial charge in [-0.25, -0.2) is 4.79 Å². The molecule has 4 aromatic rings. The second kappa shape index (κ2) is 5.10. The van der Waals surface area contributed by atoms with E-state index >= 15 is 0 Å². The third-order valence-corrected chi connectivity index (χ3v) is 3.72. The van der Waals surface area contributed by atoms with E-state index in [1.807, 2.05) is 24.3 Å². The second-order valence-corrected chi connectivity index (χ2v) is 5.13. The number of para-hydroxylation sites is 2. The van der Waals surface area contributed by atoms with Crippen molar-refractivity contribution >= 4 is 28.0 Å². The van der Waals surface area contributed by atoms with Crippen LogP contribution in [0.4, 0.5) is 0 Å². The predicted molar refractivity (Wildman–Crippen MR) is 90.1 cm³/mol. The van der Waals surface area contributed by atoms with E-state index in [2.05, 4.69) is 15.1 Å². The Hall–Kier alpha value is -3.41. The highest BCUT2D eigenvalue weighted by Gasteiger charge is 2.06. The molecule has 0 spiro atoms. The van der Waals surface area contributed by atoms with Gasteiger partial charge in [-0.3, -0.25) is 4.79 Å². The summed E-state index contributed by atoms with van der Waals surface area (Å²) in [6.45, 7) is 0. The van der Waals surface area contributed by atoms with E-state index in [4.69, 9.17) is 0 Å². The van der Waals surface area contributed by atoms with Gasteiger partial charge >= 0.3 is 5.69 Å². The minimum Gasteiger partial charge on any atom is -0.361 e. The van der Waals surface area contributed by atoms with Crippen molar-refractivity contribution in [1.82, 2.24) is 14.6 Å². The monoisotopic (exact) mass is 304 g/mol. The van der Waals surface area contributed by atoms with Gasteiger partial charge < -0.3 is 9.97 Å². The molecule has 6 heteroatoms. The number of benzene rings is 2. The molecule has 2 heterocycles. The summed E-state index contributed by atoms with van der Waals surface area (Å²) in [7, 11) is 0. The maximum atomic E-state index is 12.4. The van der Waals surface area contributed by atoms with Crippen molar-refractivity contribution in [1.29, 1.82) is 0 Å². The number of nitrogens with one attached hydrogen (secondary N) is 2. The van der Waals surface area contributed by atoms with Crippen LogP contribution >= 0.6 is 0 Å². The van der Waals surface area contributed by atoms with E-state index in [1.165, 1.54) is 6.21 Å². The van der Waals surface area contributed by atoms with Gasteiger partial charge in [0.2, 0.25) is 0 Å². The van der Waals surface area contributed by atoms with Crippen molar-refractivity contribution in [3.63, 3.8) is 0 Å². The molecule has 0 aliphatic carbocycles. The molecule has 23 heavy (non-hydrogen) atoms. The van der Waals surface area contributed by atoms with Crippen molar-refractivity contribution < 1.29 is 0 Å². The first-order valence-corrected chi connectivity index (χ1v) is 7.08. The van der Waals surface area contributed by atoms with Crippen molar-refractivity contribution in [3.8, 4) is 0 Å². The lowest BCUT2D eigenvalue weighted by Gasteiger charge is -2.00. The van der Waals surface area contributed by atoms with Crippen molar-refractivity contribution in [3.05, 3.63) is 81.1 Å².